The Kier molecular flexibility index (Phi) is 4.27. The van der Waals surface area contributed by atoms with Crippen LogP contribution in [0.4, 0.5) is 0 Å². The Balaban J connectivity index is 2.48. The molecule has 20 heavy (non-hydrogen) atoms. The molecule has 6 nitrogen and oxygen atoms in total. The number of H-pyrrole nitrogens is 1. The van der Waals surface area contributed by atoms with E-state index in [2.05, 4.69) is 15.4 Å². The molecule has 0 aliphatic rings. The minimum Gasteiger partial charge on any atom is -0.354 e. The Morgan fingerprint density at radius 3 is 2.80 bits per heavy atom. The number of nitrogens with one attached hydrogen (secondary N) is 2. The van der Waals surface area contributed by atoms with Gasteiger partial charge in [0.15, 0.2) is 10.4 Å². The van der Waals surface area contributed by atoms with Gasteiger partial charge in [-0.2, -0.15) is 5.10 Å². The van der Waals surface area contributed by atoms with Gasteiger partial charge in [0.25, 0.3) is 0 Å². The minimum absolute atomic E-state index is 0.0249. The van der Waals surface area contributed by atoms with E-state index in [0.717, 1.165) is 29.7 Å². The van der Waals surface area contributed by atoms with Gasteiger partial charge in [0.1, 0.15) is 11.6 Å². The van der Waals surface area contributed by atoms with Gasteiger partial charge in [-0.15, -0.1) is 0 Å². The normalized spacial score (nSPS) is 12.8. The number of rotatable bonds is 5. The third kappa shape index (κ3) is 2.37. The number of hydrogen-bond donors (Lipinski definition) is 2. The Morgan fingerprint density at radius 2 is 2.20 bits per heavy atom. The van der Waals surface area contributed by atoms with Crippen molar-refractivity contribution in [2.45, 2.75) is 39.7 Å². The molecule has 110 valence electrons. The Labute approximate surface area is 123 Å². The fourth-order valence-electron chi connectivity index (χ4n) is 2.36. The van der Waals surface area contributed by atoms with Gasteiger partial charge in [0, 0.05) is 13.6 Å². The summed E-state index contributed by atoms with van der Waals surface area (Å²) in [6.45, 7) is 6.61. The molecule has 0 aromatic carbocycles. The number of aromatic nitrogens is 4. The number of fused-ring (bicyclic) bond motifs is 1. The van der Waals surface area contributed by atoms with Crippen LogP contribution in [0.15, 0.2) is 0 Å². The number of aromatic amines is 1. The Morgan fingerprint density at radius 1 is 1.50 bits per heavy atom. The maximum atomic E-state index is 12.2. The molecule has 1 unspecified atom stereocenters. The van der Waals surface area contributed by atoms with Crippen molar-refractivity contribution in [3.05, 3.63) is 10.5 Å². The lowest BCUT2D eigenvalue weighted by Crippen LogP contribution is -2.31. The first kappa shape index (κ1) is 14.8. The van der Waals surface area contributed by atoms with E-state index in [4.69, 9.17) is 12.2 Å². The molecule has 2 heterocycles. The van der Waals surface area contributed by atoms with E-state index in [0.29, 0.717) is 11.3 Å². The molecule has 2 aromatic rings. The van der Waals surface area contributed by atoms with E-state index in [1.165, 1.54) is 0 Å². The number of hydrogen-bond acceptors (Lipinski definition) is 3. The monoisotopic (exact) mass is 295 g/mol. The standard InChI is InChI=1S/C13H21N5OS/c1-5-7-14-11(19)8(3)18-12-10(15-13(18)20)9(6-2)16-17(12)4/h8H,5-7H2,1-4H3,(H,14,19)(H,15,20). The summed E-state index contributed by atoms with van der Waals surface area (Å²) < 4.78 is 4.17. The van der Waals surface area contributed by atoms with Crippen LogP contribution in [0.2, 0.25) is 0 Å². The highest BCUT2D eigenvalue weighted by molar-refractivity contribution is 7.71. The molecule has 2 rings (SSSR count). The van der Waals surface area contributed by atoms with Crippen LogP contribution < -0.4 is 5.32 Å². The fraction of sp³-hybridized carbons (Fsp3) is 0.615. The highest BCUT2D eigenvalue weighted by Crippen LogP contribution is 2.22. The van der Waals surface area contributed by atoms with Gasteiger partial charge in [-0.05, 0) is 32.0 Å². The van der Waals surface area contributed by atoms with E-state index < -0.39 is 0 Å². The van der Waals surface area contributed by atoms with E-state index >= 15 is 0 Å². The molecule has 0 aliphatic carbocycles. The number of carbonyl (C=O) groups is 1. The molecule has 0 saturated carbocycles. The zero-order valence-electron chi connectivity index (χ0n) is 12.4. The van der Waals surface area contributed by atoms with Crippen molar-refractivity contribution >= 4 is 29.3 Å². The maximum absolute atomic E-state index is 12.2. The number of carbonyl (C=O) groups excluding carboxylic acids is 1. The van der Waals surface area contributed by atoms with Gasteiger partial charge in [0.2, 0.25) is 5.91 Å². The summed E-state index contributed by atoms with van der Waals surface area (Å²) in [5.41, 5.74) is 2.76. The summed E-state index contributed by atoms with van der Waals surface area (Å²) in [7, 11) is 1.87. The molecule has 2 N–H and O–H groups in total. The highest BCUT2D eigenvalue weighted by atomic mass is 32.1. The predicted molar refractivity (Wildman–Crippen MR) is 81.3 cm³/mol. The molecular formula is C13H21N5OS. The maximum Gasteiger partial charge on any atom is 0.242 e. The minimum atomic E-state index is -0.358. The van der Waals surface area contributed by atoms with Crippen molar-refractivity contribution in [3.8, 4) is 0 Å². The molecule has 1 amide bonds. The second-order valence-electron chi connectivity index (χ2n) is 4.89. The molecule has 7 heteroatoms. The van der Waals surface area contributed by atoms with Crippen LogP contribution in [-0.4, -0.2) is 31.8 Å². The molecule has 0 saturated heterocycles. The summed E-state index contributed by atoms with van der Waals surface area (Å²) in [5.74, 6) is -0.0249. The molecule has 0 aliphatic heterocycles. The molecule has 0 spiro atoms. The lowest BCUT2D eigenvalue weighted by Gasteiger charge is -2.14. The van der Waals surface area contributed by atoms with Crippen molar-refractivity contribution in [2.24, 2.45) is 7.05 Å². The lowest BCUT2D eigenvalue weighted by molar-refractivity contribution is -0.123. The quantitative estimate of drug-likeness (QED) is 0.830. The van der Waals surface area contributed by atoms with E-state index in [9.17, 15) is 4.79 Å². The topological polar surface area (TPSA) is 67.6 Å². The van der Waals surface area contributed by atoms with Gasteiger partial charge in [-0.25, -0.2) is 0 Å². The van der Waals surface area contributed by atoms with Crippen molar-refractivity contribution in [2.75, 3.05) is 6.54 Å². The van der Waals surface area contributed by atoms with Crippen molar-refractivity contribution in [3.63, 3.8) is 0 Å². The second kappa shape index (κ2) is 5.78. The van der Waals surface area contributed by atoms with Crippen LogP contribution >= 0.6 is 12.2 Å². The van der Waals surface area contributed by atoms with E-state index in [-0.39, 0.29) is 11.9 Å². The summed E-state index contributed by atoms with van der Waals surface area (Å²) in [5, 5.41) is 7.36. The fourth-order valence-corrected chi connectivity index (χ4v) is 2.70. The van der Waals surface area contributed by atoms with Crippen LogP contribution in [0.1, 0.15) is 38.9 Å². The molecule has 1 atom stereocenters. The number of nitrogens with zero attached hydrogens (tertiary/aromatic N) is 3. The molecule has 2 aromatic heterocycles. The van der Waals surface area contributed by atoms with Gasteiger partial charge in [-0.3, -0.25) is 14.0 Å². The third-order valence-electron chi connectivity index (χ3n) is 3.42. The average molecular weight is 295 g/mol. The average Bonchev–Trinajstić information content (AvgIpc) is 2.92. The Bertz CT molecular complexity index is 681. The molecular weight excluding hydrogens is 274 g/mol. The van der Waals surface area contributed by atoms with Crippen LogP contribution in [-0.2, 0) is 18.3 Å². The molecule has 0 fully saturated rings. The number of amides is 1. The van der Waals surface area contributed by atoms with Gasteiger partial charge < -0.3 is 10.3 Å². The Hall–Kier alpha value is -1.63. The van der Waals surface area contributed by atoms with Crippen molar-refractivity contribution < 1.29 is 4.79 Å². The first-order valence-corrected chi connectivity index (χ1v) is 7.35. The number of imidazole rings is 1. The predicted octanol–water partition coefficient (Wildman–Crippen LogP) is 2.08. The third-order valence-corrected chi connectivity index (χ3v) is 3.72. The largest absolute Gasteiger partial charge is 0.354 e. The van der Waals surface area contributed by atoms with Gasteiger partial charge in [-0.1, -0.05) is 13.8 Å². The lowest BCUT2D eigenvalue weighted by atomic mass is 10.3. The summed E-state index contributed by atoms with van der Waals surface area (Å²) in [4.78, 5) is 15.3. The van der Waals surface area contributed by atoms with Crippen molar-refractivity contribution in [1.29, 1.82) is 0 Å². The second-order valence-corrected chi connectivity index (χ2v) is 5.28. The van der Waals surface area contributed by atoms with Crippen LogP contribution in [0.25, 0.3) is 11.2 Å². The van der Waals surface area contributed by atoms with Crippen LogP contribution in [0.5, 0.6) is 0 Å². The van der Waals surface area contributed by atoms with Crippen LogP contribution in [0, 0.1) is 4.77 Å². The van der Waals surface area contributed by atoms with Gasteiger partial charge in [0.05, 0.1) is 5.69 Å². The summed E-state index contributed by atoms with van der Waals surface area (Å²) >= 11 is 5.37. The zero-order valence-corrected chi connectivity index (χ0v) is 13.2. The highest BCUT2D eigenvalue weighted by Gasteiger charge is 2.22. The summed E-state index contributed by atoms with van der Waals surface area (Å²) in [6, 6.07) is -0.358. The van der Waals surface area contributed by atoms with Crippen molar-refractivity contribution in [1.82, 2.24) is 24.6 Å². The molecule has 0 bridgehead atoms. The number of aryl methyl sites for hydroxylation is 2. The smallest absolute Gasteiger partial charge is 0.242 e. The first-order valence-electron chi connectivity index (χ1n) is 6.95. The van der Waals surface area contributed by atoms with Crippen LogP contribution in [0.3, 0.4) is 0 Å². The first-order chi connectivity index (χ1) is 9.51. The summed E-state index contributed by atoms with van der Waals surface area (Å²) in [6.07, 6.45) is 1.74. The van der Waals surface area contributed by atoms with E-state index in [1.807, 2.05) is 32.4 Å². The van der Waals surface area contributed by atoms with Gasteiger partial charge >= 0.3 is 0 Å². The van der Waals surface area contributed by atoms with E-state index in [1.54, 1.807) is 4.68 Å². The zero-order chi connectivity index (χ0) is 14.9. The SMILES string of the molecule is CCCNC(=O)C(C)n1c(=S)[nH]c2c(CC)nn(C)c21. The molecule has 0 radical (unpaired) electrons.